The molecular formula is C10H22N2O2. The molecule has 4 heteroatoms. The van der Waals surface area contributed by atoms with Crippen LogP contribution in [-0.4, -0.2) is 37.0 Å². The van der Waals surface area contributed by atoms with E-state index in [2.05, 4.69) is 19.3 Å². The average Bonchev–Trinajstić information content (AvgIpc) is 2.14. The van der Waals surface area contributed by atoms with Crippen molar-refractivity contribution in [3.8, 4) is 0 Å². The molecule has 0 spiro atoms. The molecule has 1 N–H and O–H groups in total. The molecule has 0 bridgehead atoms. The van der Waals surface area contributed by atoms with Crippen LogP contribution in [0.3, 0.4) is 0 Å². The summed E-state index contributed by atoms with van der Waals surface area (Å²) >= 11 is 0. The molecular weight excluding hydrogens is 180 g/mol. The number of carbonyl (C=O) groups excluding carboxylic acids is 1. The van der Waals surface area contributed by atoms with Gasteiger partial charge in [-0.1, -0.05) is 13.8 Å². The second-order valence-corrected chi connectivity index (χ2v) is 3.59. The summed E-state index contributed by atoms with van der Waals surface area (Å²) in [5.41, 5.74) is 2.67. The fourth-order valence-corrected chi connectivity index (χ4v) is 1.03. The van der Waals surface area contributed by atoms with E-state index in [1.165, 1.54) is 0 Å². The zero-order valence-corrected chi connectivity index (χ0v) is 9.67. The highest BCUT2D eigenvalue weighted by atomic mass is 16.6. The molecule has 0 aliphatic rings. The molecule has 0 unspecified atom stereocenters. The maximum absolute atomic E-state index is 11.4. The molecule has 14 heavy (non-hydrogen) atoms. The number of rotatable bonds is 7. The van der Waals surface area contributed by atoms with E-state index >= 15 is 0 Å². The highest BCUT2D eigenvalue weighted by Gasteiger charge is 2.08. The summed E-state index contributed by atoms with van der Waals surface area (Å²) in [6.07, 6.45) is 0. The van der Waals surface area contributed by atoms with Gasteiger partial charge in [-0.2, -0.15) is 5.48 Å². The van der Waals surface area contributed by atoms with E-state index < -0.39 is 0 Å². The SMILES string of the molecule is CCN(CC)C(=O)CNOCC(C)C. The van der Waals surface area contributed by atoms with Crippen LogP contribution >= 0.6 is 0 Å². The summed E-state index contributed by atoms with van der Waals surface area (Å²) in [5.74, 6) is 0.560. The number of likely N-dealkylation sites (N-methyl/N-ethyl adjacent to an activating group) is 1. The normalized spacial score (nSPS) is 10.6. The van der Waals surface area contributed by atoms with Crippen molar-refractivity contribution in [2.75, 3.05) is 26.2 Å². The largest absolute Gasteiger partial charge is 0.342 e. The Kier molecular flexibility index (Phi) is 7.42. The van der Waals surface area contributed by atoms with Crippen LogP contribution in [0.1, 0.15) is 27.7 Å². The van der Waals surface area contributed by atoms with Crippen LogP contribution in [0.4, 0.5) is 0 Å². The molecule has 0 heterocycles. The summed E-state index contributed by atoms with van der Waals surface area (Å²) in [6, 6.07) is 0. The number of nitrogens with zero attached hydrogens (tertiary/aromatic N) is 1. The summed E-state index contributed by atoms with van der Waals surface area (Å²) in [6.45, 7) is 10.5. The first kappa shape index (κ1) is 13.4. The Morgan fingerprint density at radius 2 is 1.93 bits per heavy atom. The molecule has 4 nitrogen and oxygen atoms in total. The van der Waals surface area contributed by atoms with Crippen molar-refractivity contribution < 1.29 is 9.63 Å². The zero-order chi connectivity index (χ0) is 11.0. The lowest BCUT2D eigenvalue weighted by Crippen LogP contribution is -2.38. The topological polar surface area (TPSA) is 41.6 Å². The third kappa shape index (κ3) is 5.94. The monoisotopic (exact) mass is 202 g/mol. The van der Waals surface area contributed by atoms with Crippen LogP contribution < -0.4 is 5.48 Å². The number of hydrogen-bond acceptors (Lipinski definition) is 3. The molecule has 0 saturated heterocycles. The highest BCUT2D eigenvalue weighted by Crippen LogP contribution is 1.91. The zero-order valence-electron chi connectivity index (χ0n) is 9.67. The maximum atomic E-state index is 11.4. The Balaban J connectivity index is 3.52. The van der Waals surface area contributed by atoms with Gasteiger partial charge in [0.2, 0.25) is 5.91 Å². The number of nitrogens with one attached hydrogen (secondary N) is 1. The Morgan fingerprint density at radius 3 is 2.36 bits per heavy atom. The van der Waals surface area contributed by atoms with Crippen molar-refractivity contribution in [1.29, 1.82) is 0 Å². The highest BCUT2D eigenvalue weighted by molar-refractivity contribution is 5.78. The van der Waals surface area contributed by atoms with E-state index in [4.69, 9.17) is 4.84 Å². The van der Waals surface area contributed by atoms with Crippen LogP contribution in [-0.2, 0) is 9.63 Å². The molecule has 0 radical (unpaired) electrons. The first-order chi connectivity index (χ1) is 6.61. The summed E-state index contributed by atoms with van der Waals surface area (Å²) < 4.78 is 0. The van der Waals surface area contributed by atoms with Gasteiger partial charge in [-0.05, 0) is 19.8 Å². The molecule has 0 fully saturated rings. The van der Waals surface area contributed by atoms with E-state index in [0.29, 0.717) is 12.5 Å². The van der Waals surface area contributed by atoms with Gasteiger partial charge in [-0.25, -0.2) is 0 Å². The van der Waals surface area contributed by atoms with Gasteiger partial charge < -0.3 is 9.74 Å². The van der Waals surface area contributed by atoms with Crippen molar-refractivity contribution in [3.05, 3.63) is 0 Å². The minimum Gasteiger partial charge on any atom is -0.342 e. The van der Waals surface area contributed by atoms with Crippen molar-refractivity contribution >= 4 is 5.91 Å². The van der Waals surface area contributed by atoms with Crippen LogP contribution in [0.25, 0.3) is 0 Å². The Morgan fingerprint density at radius 1 is 1.36 bits per heavy atom. The van der Waals surface area contributed by atoms with Gasteiger partial charge in [0.15, 0.2) is 0 Å². The quantitative estimate of drug-likeness (QED) is 0.495. The van der Waals surface area contributed by atoms with Gasteiger partial charge in [-0.3, -0.25) is 4.79 Å². The third-order valence-electron chi connectivity index (χ3n) is 1.86. The van der Waals surface area contributed by atoms with Crippen molar-refractivity contribution in [1.82, 2.24) is 10.4 Å². The lowest BCUT2D eigenvalue weighted by molar-refractivity contribution is -0.132. The van der Waals surface area contributed by atoms with Crippen LogP contribution in [0, 0.1) is 5.92 Å². The van der Waals surface area contributed by atoms with Gasteiger partial charge >= 0.3 is 0 Å². The minimum atomic E-state index is 0.0822. The fourth-order valence-electron chi connectivity index (χ4n) is 1.03. The number of carbonyl (C=O) groups is 1. The fraction of sp³-hybridized carbons (Fsp3) is 0.900. The smallest absolute Gasteiger partial charge is 0.238 e. The number of amides is 1. The van der Waals surface area contributed by atoms with Crippen molar-refractivity contribution in [2.45, 2.75) is 27.7 Å². The maximum Gasteiger partial charge on any atom is 0.238 e. The van der Waals surface area contributed by atoms with E-state index in [1.807, 2.05) is 13.8 Å². The lowest BCUT2D eigenvalue weighted by Gasteiger charge is -2.18. The Bertz CT molecular complexity index is 156. The molecule has 0 atom stereocenters. The first-order valence-corrected chi connectivity index (χ1v) is 5.24. The van der Waals surface area contributed by atoms with Gasteiger partial charge in [0.05, 0.1) is 6.61 Å². The summed E-state index contributed by atoms with van der Waals surface area (Å²) in [7, 11) is 0. The summed E-state index contributed by atoms with van der Waals surface area (Å²) in [5, 5.41) is 0. The van der Waals surface area contributed by atoms with Crippen LogP contribution in [0.15, 0.2) is 0 Å². The molecule has 0 aromatic heterocycles. The molecule has 0 aliphatic carbocycles. The second kappa shape index (κ2) is 7.76. The van der Waals surface area contributed by atoms with Gasteiger partial charge in [-0.15, -0.1) is 0 Å². The predicted octanol–water partition coefficient (Wildman–Crippen LogP) is 1.03. The molecule has 0 aromatic carbocycles. The molecule has 0 rings (SSSR count). The Labute approximate surface area is 86.6 Å². The van der Waals surface area contributed by atoms with E-state index in [0.717, 1.165) is 13.1 Å². The third-order valence-corrected chi connectivity index (χ3v) is 1.86. The van der Waals surface area contributed by atoms with E-state index in [9.17, 15) is 4.79 Å². The number of hydroxylamine groups is 1. The Hall–Kier alpha value is -0.610. The molecule has 84 valence electrons. The number of hydrogen-bond donors (Lipinski definition) is 1. The van der Waals surface area contributed by atoms with Gasteiger partial charge in [0.1, 0.15) is 6.54 Å². The molecule has 0 aromatic rings. The molecule has 0 aliphatic heterocycles. The summed E-state index contributed by atoms with van der Waals surface area (Å²) in [4.78, 5) is 18.3. The van der Waals surface area contributed by atoms with Crippen LogP contribution in [0.5, 0.6) is 0 Å². The molecule has 1 amide bonds. The van der Waals surface area contributed by atoms with Crippen molar-refractivity contribution in [3.63, 3.8) is 0 Å². The minimum absolute atomic E-state index is 0.0822. The first-order valence-electron chi connectivity index (χ1n) is 5.24. The van der Waals surface area contributed by atoms with E-state index in [-0.39, 0.29) is 12.5 Å². The van der Waals surface area contributed by atoms with Gasteiger partial charge in [0.25, 0.3) is 0 Å². The second-order valence-electron chi connectivity index (χ2n) is 3.59. The average molecular weight is 202 g/mol. The predicted molar refractivity (Wildman–Crippen MR) is 56.7 cm³/mol. The van der Waals surface area contributed by atoms with Gasteiger partial charge in [0, 0.05) is 13.1 Å². The van der Waals surface area contributed by atoms with Crippen molar-refractivity contribution in [2.24, 2.45) is 5.92 Å². The lowest BCUT2D eigenvalue weighted by atomic mass is 10.2. The van der Waals surface area contributed by atoms with E-state index in [1.54, 1.807) is 4.90 Å². The standard InChI is InChI=1S/C10H22N2O2/c1-5-12(6-2)10(13)7-11-14-8-9(3)4/h9,11H,5-8H2,1-4H3. The molecule has 0 saturated carbocycles. The van der Waals surface area contributed by atoms with Crippen LogP contribution in [0.2, 0.25) is 0 Å².